The van der Waals surface area contributed by atoms with Crippen LogP contribution >= 0.6 is 0 Å². The monoisotopic (exact) mass is 130 g/mol. The van der Waals surface area contributed by atoms with E-state index in [1.807, 2.05) is 0 Å². The first-order valence-electron chi connectivity index (χ1n) is 2.70. The molecule has 1 amide bonds. The van der Waals surface area contributed by atoms with E-state index in [0.29, 0.717) is 0 Å². The normalized spacial score (nSPS) is 9.33. The molecule has 0 rings (SSSR count). The highest BCUT2D eigenvalue weighted by Crippen LogP contribution is 1.97. The summed E-state index contributed by atoms with van der Waals surface area (Å²) in [7, 11) is 1.34. The van der Waals surface area contributed by atoms with Crippen molar-refractivity contribution < 1.29 is 4.79 Å². The maximum absolute atomic E-state index is 10.7. The molecule has 0 aliphatic heterocycles. The van der Waals surface area contributed by atoms with Gasteiger partial charge < -0.3 is 0 Å². The van der Waals surface area contributed by atoms with Gasteiger partial charge in [0.05, 0.1) is 5.29 Å². The fourth-order valence-electron chi connectivity index (χ4n) is 0.414. The van der Waals surface area contributed by atoms with E-state index in [9.17, 15) is 9.70 Å². The summed E-state index contributed by atoms with van der Waals surface area (Å²) >= 11 is 0. The molecular weight excluding hydrogens is 120 g/mol. The Bertz CT molecular complexity index is 122. The third kappa shape index (κ3) is 2.21. The summed E-state index contributed by atoms with van der Waals surface area (Å²) in [6, 6.07) is 0. The Morgan fingerprint density at radius 1 is 1.56 bits per heavy atom. The molecule has 52 valence electrons. The fraction of sp³-hybridized carbons (Fsp3) is 0.800. The molecule has 0 aliphatic rings. The van der Waals surface area contributed by atoms with Crippen LogP contribution in [0.25, 0.3) is 0 Å². The minimum atomic E-state index is -0.259. The lowest BCUT2D eigenvalue weighted by atomic mass is 10.2. The molecule has 0 aromatic rings. The topological polar surface area (TPSA) is 49.7 Å². The number of rotatable bonds is 2. The smallest absolute Gasteiger partial charge is 0.247 e. The second-order valence-electron chi connectivity index (χ2n) is 2.10. The molecule has 0 spiro atoms. The Hall–Kier alpha value is -0.930. The van der Waals surface area contributed by atoms with Crippen molar-refractivity contribution in [1.29, 1.82) is 0 Å². The van der Waals surface area contributed by atoms with Crippen LogP contribution < -0.4 is 0 Å². The minimum absolute atomic E-state index is 0.160. The zero-order valence-electron chi connectivity index (χ0n) is 5.79. The number of amides is 1. The lowest BCUT2D eigenvalue weighted by molar-refractivity contribution is -0.133. The van der Waals surface area contributed by atoms with Crippen LogP contribution in [0.3, 0.4) is 0 Å². The van der Waals surface area contributed by atoms with Crippen molar-refractivity contribution in [2.75, 3.05) is 7.05 Å². The van der Waals surface area contributed by atoms with Crippen LogP contribution in [0.1, 0.15) is 13.8 Å². The lowest BCUT2D eigenvalue weighted by Gasteiger charge is -2.07. The Kier molecular flexibility index (Phi) is 2.84. The number of carbonyl (C=O) groups excluding carboxylic acids is 1. The molecular formula is C5H10N2O2. The van der Waals surface area contributed by atoms with Gasteiger partial charge in [0.15, 0.2) is 0 Å². The molecule has 4 heteroatoms. The van der Waals surface area contributed by atoms with Crippen LogP contribution in [0.5, 0.6) is 0 Å². The lowest BCUT2D eigenvalue weighted by Crippen LogP contribution is -2.24. The van der Waals surface area contributed by atoms with Crippen molar-refractivity contribution in [1.82, 2.24) is 5.01 Å². The Balaban J connectivity index is 3.87. The molecule has 0 fully saturated rings. The predicted octanol–water partition coefficient (Wildman–Crippen LogP) is 0.782. The van der Waals surface area contributed by atoms with Gasteiger partial charge in [0.1, 0.15) is 0 Å². The highest BCUT2D eigenvalue weighted by atomic mass is 16.3. The van der Waals surface area contributed by atoms with Gasteiger partial charge in [-0.05, 0) is 0 Å². The molecule has 4 nitrogen and oxygen atoms in total. The van der Waals surface area contributed by atoms with E-state index in [1.165, 1.54) is 7.05 Å². The van der Waals surface area contributed by atoms with Crippen molar-refractivity contribution in [2.45, 2.75) is 13.8 Å². The molecule has 0 aliphatic carbocycles. The first kappa shape index (κ1) is 8.07. The summed E-state index contributed by atoms with van der Waals surface area (Å²) in [5.41, 5.74) is 0. The Morgan fingerprint density at radius 3 is 2.11 bits per heavy atom. The van der Waals surface area contributed by atoms with Gasteiger partial charge in [-0.3, -0.25) is 4.79 Å². The van der Waals surface area contributed by atoms with Gasteiger partial charge in [0, 0.05) is 13.0 Å². The molecule has 0 saturated heterocycles. The quantitative estimate of drug-likeness (QED) is 0.409. The van der Waals surface area contributed by atoms with E-state index < -0.39 is 0 Å². The summed E-state index contributed by atoms with van der Waals surface area (Å²) in [5, 5.41) is 3.24. The van der Waals surface area contributed by atoms with Crippen molar-refractivity contribution >= 4 is 5.91 Å². The SMILES string of the molecule is CC(C)C(=O)N(C)N=O. The van der Waals surface area contributed by atoms with Crippen LogP contribution in [0.15, 0.2) is 5.29 Å². The summed E-state index contributed by atoms with van der Waals surface area (Å²) < 4.78 is 0. The molecule has 0 heterocycles. The zero-order chi connectivity index (χ0) is 7.44. The van der Waals surface area contributed by atoms with E-state index in [4.69, 9.17) is 0 Å². The summed E-state index contributed by atoms with van der Waals surface area (Å²) in [4.78, 5) is 20.4. The van der Waals surface area contributed by atoms with Crippen molar-refractivity contribution in [3.63, 3.8) is 0 Å². The second-order valence-corrected chi connectivity index (χ2v) is 2.10. The first-order valence-corrected chi connectivity index (χ1v) is 2.70. The molecule has 9 heavy (non-hydrogen) atoms. The van der Waals surface area contributed by atoms with Crippen LogP contribution in [-0.2, 0) is 4.79 Å². The minimum Gasteiger partial charge on any atom is -0.273 e. The maximum atomic E-state index is 10.7. The van der Waals surface area contributed by atoms with Gasteiger partial charge in [0.25, 0.3) is 0 Å². The molecule has 0 unspecified atom stereocenters. The van der Waals surface area contributed by atoms with E-state index in [-0.39, 0.29) is 11.8 Å². The summed E-state index contributed by atoms with van der Waals surface area (Å²) in [5.74, 6) is -0.419. The maximum Gasteiger partial charge on any atom is 0.247 e. The molecule has 0 saturated carbocycles. The van der Waals surface area contributed by atoms with Gasteiger partial charge >= 0.3 is 0 Å². The van der Waals surface area contributed by atoms with E-state index in [0.717, 1.165) is 5.01 Å². The molecule has 0 aromatic carbocycles. The fourth-order valence-corrected chi connectivity index (χ4v) is 0.414. The van der Waals surface area contributed by atoms with E-state index in [1.54, 1.807) is 13.8 Å². The second kappa shape index (κ2) is 3.17. The van der Waals surface area contributed by atoms with Crippen molar-refractivity contribution in [3.8, 4) is 0 Å². The Labute approximate surface area is 53.8 Å². The van der Waals surface area contributed by atoms with Gasteiger partial charge in [-0.1, -0.05) is 13.8 Å². The zero-order valence-corrected chi connectivity index (χ0v) is 5.79. The van der Waals surface area contributed by atoms with Crippen LogP contribution in [0.4, 0.5) is 0 Å². The number of nitrogens with zero attached hydrogens (tertiary/aromatic N) is 2. The average Bonchev–Trinajstić information content (AvgIpc) is 1.84. The molecule has 0 N–H and O–H groups in total. The third-order valence-electron chi connectivity index (χ3n) is 0.935. The standard InChI is InChI=1S/C5H10N2O2/c1-4(2)5(8)7(3)6-9/h4H,1-3H3. The first-order chi connectivity index (χ1) is 4.09. The van der Waals surface area contributed by atoms with Gasteiger partial charge in [-0.15, -0.1) is 4.91 Å². The van der Waals surface area contributed by atoms with Crippen LogP contribution in [0.2, 0.25) is 0 Å². The summed E-state index contributed by atoms with van der Waals surface area (Å²) in [6.07, 6.45) is 0. The van der Waals surface area contributed by atoms with Crippen molar-refractivity contribution in [3.05, 3.63) is 4.91 Å². The Morgan fingerprint density at radius 2 is 2.00 bits per heavy atom. The highest BCUT2D eigenvalue weighted by molar-refractivity contribution is 5.77. The van der Waals surface area contributed by atoms with Gasteiger partial charge in [0.2, 0.25) is 5.91 Å². The number of hydrogen-bond donors (Lipinski definition) is 0. The van der Waals surface area contributed by atoms with E-state index in [2.05, 4.69) is 5.29 Å². The number of nitroso groups, excluding NO2 is 1. The third-order valence-corrected chi connectivity index (χ3v) is 0.935. The van der Waals surface area contributed by atoms with Crippen LogP contribution in [-0.4, -0.2) is 18.0 Å². The van der Waals surface area contributed by atoms with Gasteiger partial charge in [-0.25, -0.2) is 0 Å². The van der Waals surface area contributed by atoms with Gasteiger partial charge in [-0.2, -0.15) is 5.01 Å². The van der Waals surface area contributed by atoms with Crippen molar-refractivity contribution in [2.24, 2.45) is 11.2 Å². The van der Waals surface area contributed by atoms with Crippen LogP contribution in [0, 0.1) is 10.8 Å². The molecule has 0 aromatic heterocycles. The largest absolute Gasteiger partial charge is 0.273 e. The summed E-state index contributed by atoms with van der Waals surface area (Å²) in [6.45, 7) is 3.42. The molecule has 0 bridgehead atoms. The molecule has 0 radical (unpaired) electrons. The highest BCUT2D eigenvalue weighted by Gasteiger charge is 2.11. The predicted molar refractivity (Wildman–Crippen MR) is 33.4 cm³/mol. The molecule has 0 atom stereocenters. The number of carbonyl (C=O) groups is 1. The average molecular weight is 130 g/mol. The number of hydrogen-bond acceptors (Lipinski definition) is 3. The van der Waals surface area contributed by atoms with E-state index >= 15 is 0 Å².